The minimum absolute atomic E-state index is 0.344. The second-order valence-electron chi connectivity index (χ2n) is 3.66. The summed E-state index contributed by atoms with van der Waals surface area (Å²) in [4.78, 5) is 4.16. The van der Waals surface area contributed by atoms with Gasteiger partial charge in [0.2, 0.25) is 4.77 Å². The first-order chi connectivity index (χ1) is 8.06. The molecule has 0 bridgehead atoms. The first-order valence-corrected chi connectivity index (χ1v) is 5.81. The molecule has 0 radical (unpaired) electrons. The maximum absolute atomic E-state index is 6.05. The third-order valence-corrected chi connectivity index (χ3v) is 2.90. The fourth-order valence-electron chi connectivity index (χ4n) is 1.32. The smallest absolute Gasteiger partial charge is 0.215 e. The summed E-state index contributed by atoms with van der Waals surface area (Å²) in [6, 6.07) is 5.72. The fraction of sp³-hybridized carbons (Fsp3) is 0.182. The fourth-order valence-corrected chi connectivity index (χ4v) is 1.64. The number of H-pyrrole nitrogens is 1. The highest BCUT2D eigenvalue weighted by atomic mass is 35.5. The lowest BCUT2D eigenvalue weighted by Gasteiger charge is -2.08. The monoisotopic (exact) mass is 266 g/mol. The van der Waals surface area contributed by atoms with Gasteiger partial charge in [-0.2, -0.15) is 10.1 Å². The number of hydrogen-bond donors (Lipinski definition) is 2. The Kier molecular flexibility index (Phi) is 3.40. The number of hydrogen-bond acceptors (Lipinski definition) is 4. The van der Waals surface area contributed by atoms with Crippen molar-refractivity contribution in [3.63, 3.8) is 0 Å². The lowest BCUT2D eigenvalue weighted by Crippen LogP contribution is -2.01. The predicted octanol–water partition coefficient (Wildman–Crippen LogP) is 3.55. The van der Waals surface area contributed by atoms with E-state index in [1.165, 1.54) is 0 Å². The normalized spacial score (nSPS) is 10.3. The highest BCUT2D eigenvalue weighted by Gasteiger charge is 2.03. The topological polar surface area (TPSA) is 53.6 Å². The zero-order valence-electron chi connectivity index (χ0n) is 9.41. The van der Waals surface area contributed by atoms with E-state index in [1.54, 1.807) is 0 Å². The molecule has 0 unspecified atom stereocenters. The van der Waals surface area contributed by atoms with Gasteiger partial charge in [0.05, 0.1) is 0 Å². The molecule has 2 rings (SSSR count). The molecule has 1 heterocycles. The maximum Gasteiger partial charge on any atom is 0.215 e. The summed E-state index contributed by atoms with van der Waals surface area (Å²) in [5, 5.41) is 10.5. The van der Waals surface area contributed by atoms with Gasteiger partial charge in [-0.15, -0.1) is 0 Å². The maximum atomic E-state index is 6.05. The quantitative estimate of drug-likeness (QED) is 0.817. The van der Waals surface area contributed by atoms with Crippen LogP contribution in [0.3, 0.4) is 0 Å². The van der Waals surface area contributed by atoms with E-state index in [0.717, 1.165) is 16.9 Å². The van der Waals surface area contributed by atoms with E-state index in [0.29, 0.717) is 15.6 Å². The molecule has 1 aromatic heterocycles. The van der Waals surface area contributed by atoms with E-state index in [4.69, 9.17) is 23.8 Å². The van der Waals surface area contributed by atoms with Crippen molar-refractivity contribution in [3.05, 3.63) is 39.3 Å². The first kappa shape index (κ1) is 12.0. The van der Waals surface area contributed by atoms with Crippen molar-refractivity contribution in [3.8, 4) is 0 Å². The molecule has 0 saturated heterocycles. The summed E-state index contributed by atoms with van der Waals surface area (Å²) in [5.74, 6) is 0.633. The Morgan fingerprint density at radius 3 is 2.82 bits per heavy atom. The Bertz CT molecular complexity index is 609. The minimum Gasteiger partial charge on any atom is -0.339 e. The van der Waals surface area contributed by atoms with Crippen molar-refractivity contribution in [2.24, 2.45) is 0 Å². The molecule has 0 aliphatic heterocycles. The van der Waals surface area contributed by atoms with Crippen LogP contribution in [0.15, 0.2) is 18.2 Å². The second-order valence-corrected chi connectivity index (χ2v) is 4.46. The van der Waals surface area contributed by atoms with Crippen LogP contribution >= 0.6 is 23.8 Å². The van der Waals surface area contributed by atoms with Crippen LogP contribution in [-0.4, -0.2) is 15.2 Å². The standard InChI is InChI=1S/C11H11ClN4S/c1-6-3-4-8(5-9(6)12)13-10-7(2)15-16-11(17)14-10/h3-5H,1-2H3,(H2,13,14,16,17). The summed E-state index contributed by atoms with van der Waals surface area (Å²) < 4.78 is 0.344. The van der Waals surface area contributed by atoms with Gasteiger partial charge in [0.25, 0.3) is 0 Å². The van der Waals surface area contributed by atoms with Crippen LogP contribution in [0.5, 0.6) is 0 Å². The molecular formula is C11H11ClN4S. The zero-order valence-corrected chi connectivity index (χ0v) is 11.0. The van der Waals surface area contributed by atoms with Gasteiger partial charge in [0, 0.05) is 10.7 Å². The number of rotatable bonds is 2. The van der Waals surface area contributed by atoms with Crippen molar-refractivity contribution in [1.82, 2.24) is 15.2 Å². The van der Waals surface area contributed by atoms with Gasteiger partial charge in [-0.1, -0.05) is 17.7 Å². The van der Waals surface area contributed by atoms with Crippen molar-refractivity contribution in [2.75, 3.05) is 5.32 Å². The molecule has 88 valence electrons. The first-order valence-electron chi connectivity index (χ1n) is 5.03. The van der Waals surface area contributed by atoms with Gasteiger partial charge < -0.3 is 5.32 Å². The molecule has 1 aromatic carbocycles. The number of benzene rings is 1. The molecule has 0 fully saturated rings. The summed E-state index contributed by atoms with van der Waals surface area (Å²) in [5.41, 5.74) is 2.64. The summed E-state index contributed by atoms with van der Waals surface area (Å²) in [6.07, 6.45) is 0. The van der Waals surface area contributed by atoms with Crippen molar-refractivity contribution < 1.29 is 0 Å². The van der Waals surface area contributed by atoms with Gasteiger partial charge >= 0.3 is 0 Å². The molecule has 0 saturated carbocycles. The number of aryl methyl sites for hydroxylation is 2. The minimum atomic E-state index is 0.344. The zero-order chi connectivity index (χ0) is 12.4. The molecule has 2 N–H and O–H groups in total. The lowest BCUT2D eigenvalue weighted by atomic mass is 10.2. The molecular weight excluding hydrogens is 256 g/mol. The lowest BCUT2D eigenvalue weighted by molar-refractivity contribution is 0.914. The van der Waals surface area contributed by atoms with Crippen LogP contribution in [0.4, 0.5) is 11.5 Å². The van der Waals surface area contributed by atoms with Crippen LogP contribution in [0.2, 0.25) is 5.02 Å². The van der Waals surface area contributed by atoms with Gasteiger partial charge in [-0.05, 0) is 43.8 Å². The van der Waals surface area contributed by atoms with E-state index < -0.39 is 0 Å². The molecule has 0 atom stereocenters. The molecule has 4 nitrogen and oxygen atoms in total. The largest absolute Gasteiger partial charge is 0.339 e. The SMILES string of the molecule is Cc1ccc(Nc2nc(=S)[nH]nc2C)cc1Cl. The summed E-state index contributed by atoms with van der Waals surface area (Å²) in [6.45, 7) is 3.80. The van der Waals surface area contributed by atoms with E-state index in [9.17, 15) is 0 Å². The highest BCUT2D eigenvalue weighted by molar-refractivity contribution is 7.71. The summed E-state index contributed by atoms with van der Waals surface area (Å²) in [7, 11) is 0. The Labute approximate surface area is 109 Å². The van der Waals surface area contributed by atoms with Crippen molar-refractivity contribution in [1.29, 1.82) is 0 Å². The van der Waals surface area contributed by atoms with Crippen LogP contribution < -0.4 is 5.32 Å². The van der Waals surface area contributed by atoms with Crippen molar-refractivity contribution >= 4 is 35.3 Å². The second kappa shape index (κ2) is 4.81. The van der Waals surface area contributed by atoms with Gasteiger partial charge in [-0.25, -0.2) is 0 Å². The Morgan fingerprint density at radius 2 is 2.12 bits per heavy atom. The van der Waals surface area contributed by atoms with E-state index in [-0.39, 0.29) is 0 Å². The van der Waals surface area contributed by atoms with Gasteiger partial charge in [0.1, 0.15) is 5.69 Å². The van der Waals surface area contributed by atoms with Crippen LogP contribution in [0.1, 0.15) is 11.3 Å². The number of halogens is 1. The number of aromatic nitrogens is 3. The average Bonchev–Trinajstić information content (AvgIpc) is 2.29. The molecule has 17 heavy (non-hydrogen) atoms. The van der Waals surface area contributed by atoms with E-state index in [1.807, 2.05) is 32.0 Å². The average molecular weight is 267 g/mol. The number of anilines is 2. The third-order valence-electron chi connectivity index (χ3n) is 2.31. The van der Waals surface area contributed by atoms with Crippen LogP contribution in [0.25, 0.3) is 0 Å². The molecule has 2 aromatic rings. The van der Waals surface area contributed by atoms with E-state index in [2.05, 4.69) is 20.5 Å². The number of nitrogens with one attached hydrogen (secondary N) is 2. The molecule has 6 heteroatoms. The molecule has 0 aliphatic carbocycles. The van der Waals surface area contributed by atoms with E-state index >= 15 is 0 Å². The van der Waals surface area contributed by atoms with Crippen LogP contribution in [0, 0.1) is 18.6 Å². The van der Waals surface area contributed by atoms with Crippen LogP contribution in [-0.2, 0) is 0 Å². The third kappa shape index (κ3) is 2.81. The molecule has 0 aliphatic rings. The predicted molar refractivity (Wildman–Crippen MR) is 71.4 cm³/mol. The Balaban J connectivity index is 2.34. The van der Waals surface area contributed by atoms with Crippen molar-refractivity contribution in [2.45, 2.75) is 13.8 Å². The highest BCUT2D eigenvalue weighted by Crippen LogP contribution is 2.22. The van der Waals surface area contributed by atoms with Gasteiger partial charge in [0.15, 0.2) is 5.82 Å². The molecule has 0 amide bonds. The Hall–Kier alpha value is -1.46. The molecule has 0 spiro atoms. The van der Waals surface area contributed by atoms with Gasteiger partial charge in [-0.3, -0.25) is 5.10 Å². The Morgan fingerprint density at radius 1 is 1.35 bits per heavy atom. The number of aromatic amines is 1. The summed E-state index contributed by atoms with van der Waals surface area (Å²) >= 11 is 11.0. The number of nitrogens with zero attached hydrogens (tertiary/aromatic N) is 2.